The van der Waals surface area contributed by atoms with Crippen molar-refractivity contribution < 1.29 is 5.11 Å². The molecule has 2 unspecified atom stereocenters. The lowest BCUT2D eigenvalue weighted by Gasteiger charge is -2.21. The summed E-state index contributed by atoms with van der Waals surface area (Å²) < 4.78 is 1.51. The fourth-order valence-electron chi connectivity index (χ4n) is 1.73. The lowest BCUT2D eigenvalue weighted by atomic mass is 10.2. The van der Waals surface area contributed by atoms with E-state index in [1.165, 1.54) is 4.63 Å². The molecule has 2 N–H and O–H groups in total. The van der Waals surface area contributed by atoms with E-state index >= 15 is 0 Å². The maximum absolute atomic E-state index is 9.24. The number of anilines is 1. The Hall–Kier alpha value is -1.34. The van der Waals surface area contributed by atoms with Gasteiger partial charge in [-0.25, -0.2) is 4.98 Å². The van der Waals surface area contributed by atoms with Crippen molar-refractivity contribution >= 4 is 23.2 Å². The summed E-state index contributed by atoms with van der Waals surface area (Å²) in [5.74, 6) is 1.43. The van der Waals surface area contributed by atoms with Crippen LogP contribution >= 0.6 is 11.8 Å². The molecule has 18 heavy (non-hydrogen) atoms. The summed E-state index contributed by atoms with van der Waals surface area (Å²) in [6.07, 6.45) is 1.98. The summed E-state index contributed by atoms with van der Waals surface area (Å²) in [7, 11) is 0. The second kappa shape index (κ2) is 5.53. The summed E-state index contributed by atoms with van der Waals surface area (Å²) in [5, 5.41) is 21.1. The molecule has 2 aromatic rings. The van der Waals surface area contributed by atoms with Gasteiger partial charge in [0.2, 0.25) is 0 Å². The number of aryl methyl sites for hydroxylation is 1. The monoisotopic (exact) mass is 267 g/mol. The Morgan fingerprint density at radius 1 is 1.44 bits per heavy atom. The highest BCUT2D eigenvalue weighted by atomic mass is 32.2. The molecule has 0 aromatic carbocycles. The Morgan fingerprint density at radius 2 is 2.22 bits per heavy atom. The van der Waals surface area contributed by atoms with Gasteiger partial charge in [0.05, 0.1) is 6.61 Å². The fourth-order valence-corrected chi connectivity index (χ4v) is 2.35. The van der Waals surface area contributed by atoms with Crippen molar-refractivity contribution in [3.63, 3.8) is 0 Å². The molecule has 0 radical (unpaired) electrons. The van der Waals surface area contributed by atoms with Gasteiger partial charge in [0.15, 0.2) is 5.65 Å². The van der Waals surface area contributed by atoms with Gasteiger partial charge in [-0.3, -0.25) is 0 Å². The van der Waals surface area contributed by atoms with E-state index in [1.807, 2.05) is 32.2 Å². The minimum absolute atomic E-state index is 0.125. The Labute approximate surface area is 110 Å². The van der Waals surface area contributed by atoms with Crippen LogP contribution < -0.4 is 5.32 Å². The van der Waals surface area contributed by atoms with E-state index in [0.717, 1.165) is 11.5 Å². The summed E-state index contributed by atoms with van der Waals surface area (Å²) >= 11 is 1.63. The zero-order valence-electron chi connectivity index (χ0n) is 10.7. The number of nitrogens with zero attached hydrogens (tertiary/aromatic N) is 4. The molecular formula is C11H17N5OS. The van der Waals surface area contributed by atoms with Crippen LogP contribution in [0.15, 0.2) is 12.1 Å². The number of aromatic nitrogens is 4. The molecule has 0 aliphatic heterocycles. The number of hydrogen-bond acceptors (Lipinski definition) is 6. The first kappa shape index (κ1) is 13.1. The highest BCUT2D eigenvalue weighted by Crippen LogP contribution is 2.15. The van der Waals surface area contributed by atoms with E-state index in [0.29, 0.717) is 5.82 Å². The van der Waals surface area contributed by atoms with Crippen molar-refractivity contribution in [3.05, 3.63) is 18.0 Å². The zero-order chi connectivity index (χ0) is 13.1. The summed E-state index contributed by atoms with van der Waals surface area (Å²) in [4.78, 5) is 4.22. The summed E-state index contributed by atoms with van der Waals surface area (Å²) in [6, 6.07) is 3.86. The summed E-state index contributed by atoms with van der Waals surface area (Å²) in [6.45, 7) is 4.00. The SMILES string of the molecule is CSC(CO)C(C)Nc1ccc2nc(C)nn2n1. The van der Waals surface area contributed by atoms with E-state index in [4.69, 9.17) is 0 Å². The van der Waals surface area contributed by atoms with E-state index in [9.17, 15) is 5.11 Å². The van der Waals surface area contributed by atoms with Gasteiger partial charge in [-0.2, -0.15) is 11.8 Å². The highest BCUT2D eigenvalue weighted by molar-refractivity contribution is 7.99. The van der Waals surface area contributed by atoms with Crippen LogP contribution in [-0.4, -0.2) is 49.1 Å². The molecule has 0 aliphatic carbocycles. The number of fused-ring (bicyclic) bond motifs is 1. The van der Waals surface area contributed by atoms with Crippen LogP contribution in [0.25, 0.3) is 5.65 Å². The Morgan fingerprint density at radius 3 is 2.89 bits per heavy atom. The smallest absolute Gasteiger partial charge is 0.176 e. The lowest BCUT2D eigenvalue weighted by molar-refractivity contribution is 0.288. The molecule has 6 nitrogen and oxygen atoms in total. The average molecular weight is 267 g/mol. The third-order valence-electron chi connectivity index (χ3n) is 2.73. The van der Waals surface area contributed by atoms with Crippen LogP contribution in [0.4, 0.5) is 5.82 Å². The van der Waals surface area contributed by atoms with Crippen LogP contribution in [0.3, 0.4) is 0 Å². The predicted molar refractivity (Wildman–Crippen MR) is 73.0 cm³/mol. The van der Waals surface area contributed by atoms with E-state index in [-0.39, 0.29) is 17.9 Å². The molecule has 7 heteroatoms. The van der Waals surface area contributed by atoms with Gasteiger partial charge in [-0.1, -0.05) is 0 Å². The second-order valence-electron chi connectivity index (χ2n) is 4.11. The molecule has 0 bridgehead atoms. The van der Waals surface area contributed by atoms with Gasteiger partial charge in [-0.05, 0) is 32.2 Å². The largest absolute Gasteiger partial charge is 0.395 e. The van der Waals surface area contributed by atoms with Gasteiger partial charge in [-0.15, -0.1) is 14.8 Å². The van der Waals surface area contributed by atoms with Crippen molar-refractivity contribution in [1.82, 2.24) is 19.8 Å². The Kier molecular flexibility index (Phi) is 4.03. The molecule has 2 aromatic heterocycles. The van der Waals surface area contributed by atoms with E-state index < -0.39 is 0 Å². The first-order valence-electron chi connectivity index (χ1n) is 5.75. The molecule has 0 spiro atoms. The minimum Gasteiger partial charge on any atom is -0.395 e. The van der Waals surface area contributed by atoms with Crippen LogP contribution in [0.5, 0.6) is 0 Å². The topological polar surface area (TPSA) is 75.3 Å². The van der Waals surface area contributed by atoms with E-state index in [1.54, 1.807) is 11.8 Å². The second-order valence-corrected chi connectivity index (χ2v) is 5.19. The molecule has 0 aliphatic rings. The number of aliphatic hydroxyl groups is 1. The zero-order valence-corrected chi connectivity index (χ0v) is 11.5. The van der Waals surface area contributed by atoms with Gasteiger partial charge < -0.3 is 10.4 Å². The van der Waals surface area contributed by atoms with E-state index in [2.05, 4.69) is 20.5 Å². The molecular weight excluding hydrogens is 250 g/mol. The third-order valence-corrected chi connectivity index (χ3v) is 3.89. The number of hydrogen-bond donors (Lipinski definition) is 2. The number of nitrogens with one attached hydrogen (secondary N) is 1. The standard InChI is InChI=1S/C11H17N5OS/c1-7(9(6-17)18-3)12-10-4-5-11-13-8(2)14-16(11)15-10/h4-5,7,9,17H,6H2,1-3H3,(H,12,15). The molecule has 98 valence electrons. The predicted octanol–water partition coefficient (Wildman–Crippen LogP) is 0.957. The first-order valence-corrected chi connectivity index (χ1v) is 7.03. The number of rotatable bonds is 5. The third kappa shape index (κ3) is 2.73. The van der Waals surface area contributed by atoms with Crippen molar-refractivity contribution in [2.75, 3.05) is 18.2 Å². The van der Waals surface area contributed by atoms with Crippen LogP contribution in [0, 0.1) is 6.92 Å². The molecule has 2 rings (SSSR count). The van der Waals surface area contributed by atoms with Gasteiger partial charge in [0, 0.05) is 11.3 Å². The summed E-state index contributed by atoms with van der Waals surface area (Å²) in [5.41, 5.74) is 0.731. The van der Waals surface area contributed by atoms with Crippen LogP contribution in [0.1, 0.15) is 12.7 Å². The van der Waals surface area contributed by atoms with Gasteiger partial charge in [0.25, 0.3) is 0 Å². The normalized spacial score (nSPS) is 14.7. The van der Waals surface area contributed by atoms with Crippen molar-refractivity contribution in [1.29, 1.82) is 0 Å². The molecule has 0 fully saturated rings. The lowest BCUT2D eigenvalue weighted by Crippen LogP contribution is -2.31. The maximum Gasteiger partial charge on any atom is 0.176 e. The maximum atomic E-state index is 9.24. The molecule has 2 atom stereocenters. The molecule has 0 saturated heterocycles. The first-order chi connectivity index (χ1) is 8.63. The number of aliphatic hydroxyl groups excluding tert-OH is 1. The van der Waals surface area contributed by atoms with Crippen molar-refractivity contribution in [2.24, 2.45) is 0 Å². The van der Waals surface area contributed by atoms with Crippen molar-refractivity contribution in [2.45, 2.75) is 25.1 Å². The minimum atomic E-state index is 0.125. The van der Waals surface area contributed by atoms with Crippen molar-refractivity contribution in [3.8, 4) is 0 Å². The fraction of sp³-hybridized carbons (Fsp3) is 0.545. The molecule has 0 amide bonds. The molecule has 0 saturated carbocycles. The quantitative estimate of drug-likeness (QED) is 0.840. The molecule has 2 heterocycles. The Bertz CT molecular complexity index is 525. The van der Waals surface area contributed by atoms with Gasteiger partial charge in [0.1, 0.15) is 11.6 Å². The van der Waals surface area contributed by atoms with Gasteiger partial charge >= 0.3 is 0 Å². The average Bonchev–Trinajstić information content (AvgIpc) is 2.70. The van der Waals surface area contributed by atoms with Crippen LogP contribution in [0.2, 0.25) is 0 Å². The van der Waals surface area contributed by atoms with Crippen LogP contribution in [-0.2, 0) is 0 Å². The Balaban J connectivity index is 2.16. The number of thioether (sulfide) groups is 1. The highest BCUT2D eigenvalue weighted by Gasteiger charge is 2.15.